The summed E-state index contributed by atoms with van der Waals surface area (Å²) in [6.45, 7) is 6.85. The minimum atomic E-state index is -4.80. The van der Waals surface area contributed by atoms with Gasteiger partial charge in [-0.1, -0.05) is 19.1 Å². The molecule has 108 valence electrons. The van der Waals surface area contributed by atoms with E-state index in [1.165, 1.54) is 12.2 Å². The molecule has 0 N–H and O–H groups in total. The number of rotatable bonds is 7. The first kappa shape index (κ1) is 17.3. The second-order valence-electron chi connectivity index (χ2n) is 3.44. The summed E-state index contributed by atoms with van der Waals surface area (Å²) < 4.78 is 45.1. The van der Waals surface area contributed by atoms with Crippen LogP contribution in [-0.4, -0.2) is 18.9 Å². The molecule has 0 bridgehead atoms. The summed E-state index contributed by atoms with van der Waals surface area (Å²) >= 11 is 0. The maximum absolute atomic E-state index is 12.2. The quantitative estimate of drug-likeness (QED) is 0.233. The first-order valence-corrected chi connectivity index (χ1v) is 5.78. The fraction of sp³-hybridized carbons (Fsp3) is 0.462. The predicted octanol–water partition coefficient (Wildman–Crippen LogP) is 3.88. The van der Waals surface area contributed by atoms with Crippen molar-refractivity contribution in [1.82, 2.24) is 0 Å². The van der Waals surface area contributed by atoms with Gasteiger partial charge in [0, 0.05) is 6.42 Å². The number of halogens is 3. The molecule has 6 heteroatoms. The summed E-state index contributed by atoms with van der Waals surface area (Å²) in [7, 11) is 0. The molecule has 19 heavy (non-hydrogen) atoms. The summed E-state index contributed by atoms with van der Waals surface area (Å²) in [5, 5.41) is 0. The molecular formula is C13H17F3O3. The van der Waals surface area contributed by atoms with Crippen LogP contribution in [0, 0.1) is 0 Å². The summed E-state index contributed by atoms with van der Waals surface area (Å²) in [5.74, 6) is -1.09. The van der Waals surface area contributed by atoms with Crippen LogP contribution in [0.4, 0.5) is 13.2 Å². The highest BCUT2D eigenvalue weighted by Gasteiger charge is 2.32. The normalized spacial score (nSPS) is 13.1. The van der Waals surface area contributed by atoms with Gasteiger partial charge < -0.3 is 9.47 Å². The standard InChI is InChI=1S/C13H17F3O3/c1-4-7-10(12(17)18-6-3)9-11(8-5-2)19-13(14,15)16/h5,7,9H,2,4,6,8H2,1,3H3/b10-7+,11-9+. The average molecular weight is 278 g/mol. The Morgan fingerprint density at radius 3 is 2.37 bits per heavy atom. The molecule has 0 aliphatic carbocycles. The van der Waals surface area contributed by atoms with Gasteiger partial charge in [0.05, 0.1) is 12.2 Å². The minimum Gasteiger partial charge on any atom is -0.462 e. The van der Waals surface area contributed by atoms with E-state index in [0.717, 1.165) is 6.08 Å². The van der Waals surface area contributed by atoms with Crippen LogP contribution in [0.5, 0.6) is 0 Å². The minimum absolute atomic E-state index is 0.0328. The highest BCUT2D eigenvalue weighted by molar-refractivity contribution is 5.91. The van der Waals surface area contributed by atoms with Gasteiger partial charge in [-0.2, -0.15) is 0 Å². The molecule has 0 heterocycles. The molecule has 0 aromatic rings. The third kappa shape index (κ3) is 8.07. The maximum Gasteiger partial charge on any atom is 0.572 e. The van der Waals surface area contributed by atoms with E-state index in [1.807, 2.05) is 0 Å². The molecule has 0 atom stereocenters. The zero-order chi connectivity index (χ0) is 14.9. The van der Waals surface area contributed by atoms with Crippen LogP contribution in [0.1, 0.15) is 26.7 Å². The zero-order valence-electron chi connectivity index (χ0n) is 10.9. The van der Waals surface area contributed by atoms with Crippen molar-refractivity contribution in [3.05, 3.63) is 36.1 Å². The third-order valence-corrected chi connectivity index (χ3v) is 1.84. The van der Waals surface area contributed by atoms with Gasteiger partial charge in [0.15, 0.2) is 0 Å². The SMILES string of the molecule is C=CC/C(=C\C(=C/CC)C(=O)OCC)OC(F)(F)F. The van der Waals surface area contributed by atoms with Gasteiger partial charge in [0.1, 0.15) is 5.76 Å². The van der Waals surface area contributed by atoms with Gasteiger partial charge in [-0.3, -0.25) is 0 Å². The van der Waals surface area contributed by atoms with Crippen LogP contribution in [0.15, 0.2) is 36.1 Å². The number of esters is 1. The molecule has 3 nitrogen and oxygen atoms in total. The second-order valence-corrected chi connectivity index (χ2v) is 3.44. The van der Waals surface area contributed by atoms with Crippen LogP contribution < -0.4 is 0 Å². The third-order valence-electron chi connectivity index (χ3n) is 1.84. The van der Waals surface area contributed by atoms with E-state index in [0.29, 0.717) is 6.42 Å². The molecule has 0 fully saturated rings. The Hall–Kier alpha value is -1.72. The molecule has 0 aliphatic heterocycles. The topological polar surface area (TPSA) is 35.5 Å². The van der Waals surface area contributed by atoms with Gasteiger partial charge in [-0.05, 0) is 19.4 Å². The highest BCUT2D eigenvalue weighted by atomic mass is 19.4. The van der Waals surface area contributed by atoms with Crippen LogP contribution in [-0.2, 0) is 14.3 Å². The molecule has 0 saturated heterocycles. The Bertz CT molecular complexity index is 368. The molecule has 0 unspecified atom stereocenters. The lowest BCUT2D eigenvalue weighted by Crippen LogP contribution is -2.14. The molecule has 0 aliphatic rings. The number of hydrogen-bond donors (Lipinski definition) is 0. The van der Waals surface area contributed by atoms with Gasteiger partial charge in [0.25, 0.3) is 0 Å². The molecule has 0 aromatic heterocycles. The second kappa shape index (κ2) is 8.39. The Kier molecular flexibility index (Phi) is 7.63. The summed E-state index contributed by atoms with van der Waals surface area (Å²) in [6, 6.07) is 0. The van der Waals surface area contributed by atoms with Crippen LogP contribution >= 0.6 is 0 Å². The fourth-order valence-electron chi connectivity index (χ4n) is 1.23. The van der Waals surface area contributed by atoms with Crippen molar-refractivity contribution in [3.8, 4) is 0 Å². The molecule has 0 radical (unpaired) electrons. The van der Waals surface area contributed by atoms with Crippen molar-refractivity contribution in [2.45, 2.75) is 33.1 Å². The van der Waals surface area contributed by atoms with Gasteiger partial charge in [-0.15, -0.1) is 19.8 Å². The lowest BCUT2D eigenvalue weighted by molar-refractivity contribution is -0.306. The molecular weight excluding hydrogens is 261 g/mol. The van der Waals surface area contributed by atoms with Gasteiger partial charge >= 0.3 is 12.3 Å². The zero-order valence-corrected chi connectivity index (χ0v) is 10.9. The molecule has 0 amide bonds. The highest BCUT2D eigenvalue weighted by Crippen LogP contribution is 2.24. The first-order valence-electron chi connectivity index (χ1n) is 5.78. The number of carbonyl (C=O) groups is 1. The Morgan fingerprint density at radius 2 is 1.95 bits per heavy atom. The Morgan fingerprint density at radius 1 is 1.32 bits per heavy atom. The molecule has 0 spiro atoms. The van der Waals surface area contributed by atoms with Crippen molar-refractivity contribution in [2.24, 2.45) is 0 Å². The van der Waals surface area contributed by atoms with Crippen LogP contribution in [0.3, 0.4) is 0 Å². The van der Waals surface area contributed by atoms with Crippen LogP contribution in [0.2, 0.25) is 0 Å². The van der Waals surface area contributed by atoms with Crippen LogP contribution in [0.25, 0.3) is 0 Å². The first-order chi connectivity index (χ1) is 8.84. The number of alkyl halides is 3. The molecule has 0 aromatic carbocycles. The van der Waals surface area contributed by atoms with Gasteiger partial charge in [0.2, 0.25) is 0 Å². The van der Waals surface area contributed by atoms with Crippen molar-refractivity contribution in [3.63, 3.8) is 0 Å². The van der Waals surface area contributed by atoms with E-state index in [4.69, 9.17) is 4.74 Å². The smallest absolute Gasteiger partial charge is 0.462 e. The number of carbonyl (C=O) groups excluding carboxylic acids is 1. The lowest BCUT2D eigenvalue weighted by Gasteiger charge is -2.12. The Labute approximate surface area is 110 Å². The van der Waals surface area contributed by atoms with Crippen molar-refractivity contribution in [1.29, 1.82) is 0 Å². The van der Waals surface area contributed by atoms with Crippen molar-refractivity contribution in [2.75, 3.05) is 6.61 Å². The number of hydrogen-bond acceptors (Lipinski definition) is 3. The van der Waals surface area contributed by atoms with E-state index in [9.17, 15) is 18.0 Å². The van der Waals surface area contributed by atoms with E-state index in [2.05, 4.69) is 11.3 Å². The number of allylic oxidation sites excluding steroid dienone is 2. The average Bonchev–Trinajstić information content (AvgIpc) is 2.27. The van der Waals surface area contributed by atoms with E-state index < -0.39 is 18.1 Å². The van der Waals surface area contributed by atoms with E-state index in [1.54, 1.807) is 13.8 Å². The van der Waals surface area contributed by atoms with Crippen molar-refractivity contribution >= 4 is 5.97 Å². The Balaban J connectivity index is 5.17. The summed E-state index contributed by atoms with van der Waals surface area (Å²) in [6.07, 6.45) is -0.706. The molecule has 0 saturated carbocycles. The van der Waals surface area contributed by atoms with Gasteiger partial charge in [-0.25, -0.2) is 4.79 Å². The largest absolute Gasteiger partial charge is 0.572 e. The summed E-state index contributed by atoms with van der Waals surface area (Å²) in [5.41, 5.74) is 0.0328. The monoisotopic (exact) mass is 278 g/mol. The molecule has 0 rings (SSSR count). The van der Waals surface area contributed by atoms with Crippen molar-refractivity contribution < 1.29 is 27.4 Å². The van der Waals surface area contributed by atoms with E-state index >= 15 is 0 Å². The maximum atomic E-state index is 12.2. The summed E-state index contributed by atoms with van der Waals surface area (Å²) in [4.78, 5) is 11.5. The van der Waals surface area contributed by atoms with E-state index in [-0.39, 0.29) is 18.6 Å². The fourth-order valence-corrected chi connectivity index (χ4v) is 1.23. The number of ether oxygens (including phenoxy) is 2. The lowest BCUT2D eigenvalue weighted by atomic mass is 10.1. The predicted molar refractivity (Wildman–Crippen MR) is 65.0 cm³/mol.